The minimum Gasteiger partial charge on any atom is -0.391 e. The lowest BCUT2D eigenvalue weighted by Crippen LogP contribution is -2.39. The van der Waals surface area contributed by atoms with Crippen molar-refractivity contribution in [3.8, 4) is 17.2 Å². The van der Waals surface area contributed by atoms with Crippen LogP contribution in [0.5, 0.6) is 0 Å². The van der Waals surface area contributed by atoms with Gasteiger partial charge in [0, 0.05) is 31.0 Å². The monoisotopic (exact) mass is 308 g/mol. The molecule has 1 aromatic carbocycles. The third kappa shape index (κ3) is 3.49. The molecule has 5 nitrogen and oxygen atoms in total. The van der Waals surface area contributed by atoms with Crippen LogP contribution in [0.4, 0.5) is 5.95 Å². The van der Waals surface area contributed by atoms with Crippen molar-refractivity contribution in [1.82, 2.24) is 9.97 Å². The Kier molecular flexibility index (Phi) is 4.54. The standard InChI is InChI=1S/C18H20N4O/c1-13-4-5-15(9-14(13)6-7-19)16-10-20-18(21-11-16)22-8-2-3-17(23)12-22/h4-5,9-11,17,23H,2-3,6,8,12H2,1H3. The van der Waals surface area contributed by atoms with Gasteiger partial charge in [-0.1, -0.05) is 12.1 Å². The topological polar surface area (TPSA) is 73.0 Å². The van der Waals surface area contributed by atoms with E-state index in [-0.39, 0.29) is 6.10 Å². The van der Waals surface area contributed by atoms with Gasteiger partial charge in [-0.05, 0) is 42.5 Å². The summed E-state index contributed by atoms with van der Waals surface area (Å²) in [6.07, 6.45) is 5.54. The number of β-amino-alcohol motifs (C(OH)–C–C–N with tert-alkyl or cyclic N) is 1. The molecule has 2 heterocycles. The van der Waals surface area contributed by atoms with E-state index in [9.17, 15) is 5.11 Å². The number of nitrogens with zero attached hydrogens (tertiary/aromatic N) is 4. The van der Waals surface area contributed by atoms with Crippen molar-refractivity contribution in [1.29, 1.82) is 5.26 Å². The van der Waals surface area contributed by atoms with Crippen LogP contribution in [0.15, 0.2) is 30.6 Å². The predicted octanol–water partition coefficient (Wildman–Crippen LogP) is 2.48. The number of rotatable bonds is 3. The molecule has 0 amide bonds. The molecular weight excluding hydrogens is 288 g/mol. The van der Waals surface area contributed by atoms with Crippen LogP contribution < -0.4 is 4.90 Å². The van der Waals surface area contributed by atoms with Gasteiger partial charge in [-0.15, -0.1) is 0 Å². The van der Waals surface area contributed by atoms with E-state index in [4.69, 9.17) is 5.26 Å². The Labute approximate surface area is 136 Å². The van der Waals surface area contributed by atoms with Crippen molar-refractivity contribution in [2.24, 2.45) is 0 Å². The average Bonchev–Trinajstić information content (AvgIpc) is 2.57. The van der Waals surface area contributed by atoms with E-state index in [1.807, 2.05) is 42.4 Å². The molecule has 118 valence electrons. The molecule has 1 aliphatic rings. The van der Waals surface area contributed by atoms with Crippen LogP contribution in [-0.2, 0) is 6.42 Å². The summed E-state index contributed by atoms with van der Waals surface area (Å²) in [4.78, 5) is 10.9. The summed E-state index contributed by atoms with van der Waals surface area (Å²) in [5.41, 5.74) is 4.11. The van der Waals surface area contributed by atoms with Gasteiger partial charge in [0.05, 0.1) is 18.6 Å². The van der Waals surface area contributed by atoms with E-state index in [1.54, 1.807) is 0 Å². The summed E-state index contributed by atoms with van der Waals surface area (Å²) in [5, 5.41) is 18.7. The number of hydrogen-bond donors (Lipinski definition) is 1. The van der Waals surface area contributed by atoms with E-state index in [1.165, 1.54) is 0 Å². The maximum absolute atomic E-state index is 9.76. The average molecular weight is 308 g/mol. The zero-order valence-corrected chi connectivity index (χ0v) is 13.2. The molecular formula is C18H20N4O. The molecule has 5 heteroatoms. The van der Waals surface area contributed by atoms with Crippen LogP contribution in [0, 0.1) is 18.3 Å². The number of aryl methyl sites for hydroxylation is 1. The molecule has 1 aliphatic heterocycles. The number of benzene rings is 1. The number of nitriles is 1. The fourth-order valence-corrected chi connectivity index (χ4v) is 2.90. The van der Waals surface area contributed by atoms with Crippen molar-refractivity contribution < 1.29 is 5.11 Å². The Bertz CT molecular complexity index is 721. The molecule has 1 saturated heterocycles. The Balaban J connectivity index is 1.82. The fourth-order valence-electron chi connectivity index (χ4n) is 2.90. The van der Waals surface area contributed by atoms with Gasteiger partial charge in [0.15, 0.2) is 0 Å². The first-order valence-corrected chi connectivity index (χ1v) is 7.89. The number of aromatic nitrogens is 2. The van der Waals surface area contributed by atoms with Crippen LogP contribution in [0.2, 0.25) is 0 Å². The maximum atomic E-state index is 9.76. The molecule has 0 aliphatic carbocycles. The maximum Gasteiger partial charge on any atom is 0.225 e. The second-order valence-electron chi connectivity index (χ2n) is 5.99. The van der Waals surface area contributed by atoms with Gasteiger partial charge in [0.2, 0.25) is 5.95 Å². The molecule has 3 rings (SSSR count). The van der Waals surface area contributed by atoms with Gasteiger partial charge in [0.25, 0.3) is 0 Å². The van der Waals surface area contributed by atoms with Crippen LogP contribution in [0.25, 0.3) is 11.1 Å². The van der Waals surface area contributed by atoms with Gasteiger partial charge in [-0.3, -0.25) is 0 Å². The summed E-state index contributed by atoms with van der Waals surface area (Å²) in [7, 11) is 0. The Hall–Kier alpha value is -2.45. The molecule has 1 fully saturated rings. The highest BCUT2D eigenvalue weighted by atomic mass is 16.3. The summed E-state index contributed by atoms with van der Waals surface area (Å²) in [6, 6.07) is 8.28. The van der Waals surface area contributed by atoms with Gasteiger partial charge in [-0.2, -0.15) is 5.26 Å². The third-order valence-corrected chi connectivity index (χ3v) is 4.27. The van der Waals surface area contributed by atoms with Crippen LogP contribution in [0.1, 0.15) is 24.0 Å². The van der Waals surface area contributed by atoms with Crippen molar-refractivity contribution >= 4 is 5.95 Å². The zero-order chi connectivity index (χ0) is 16.2. The smallest absolute Gasteiger partial charge is 0.225 e. The van der Waals surface area contributed by atoms with Crippen molar-refractivity contribution in [3.63, 3.8) is 0 Å². The third-order valence-electron chi connectivity index (χ3n) is 4.27. The highest BCUT2D eigenvalue weighted by Crippen LogP contribution is 2.23. The van der Waals surface area contributed by atoms with Gasteiger partial charge in [0.1, 0.15) is 0 Å². The fraction of sp³-hybridized carbons (Fsp3) is 0.389. The van der Waals surface area contributed by atoms with E-state index >= 15 is 0 Å². The molecule has 23 heavy (non-hydrogen) atoms. The lowest BCUT2D eigenvalue weighted by Gasteiger charge is -2.29. The molecule has 0 saturated carbocycles. The summed E-state index contributed by atoms with van der Waals surface area (Å²) in [6.45, 7) is 3.49. The van der Waals surface area contributed by atoms with Gasteiger partial charge >= 0.3 is 0 Å². The van der Waals surface area contributed by atoms with E-state index in [2.05, 4.69) is 16.0 Å². The first-order valence-electron chi connectivity index (χ1n) is 7.89. The minimum absolute atomic E-state index is 0.294. The van der Waals surface area contributed by atoms with Crippen LogP contribution in [-0.4, -0.2) is 34.3 Å². The molecule has 1 aromatic heterocycles. The SMILES string of the molecule is Cc1ccc(-c2cnc(N3CCCC(O)C3)nc2)cc1CC#N. The van der Waals surface area contributed by atoms with Crippen molar-refractivity contribution in [2.75, 3.05) is 18.0 Å². The molecule has 1 N–H and O–H groups in total. The molecule has 1 unspecified atom stereocenters. The summed E-state index contributed by atoms with van der Waals surface area (Å²) < 4.78 is 0. The minimum atomic E-state index is -0.294. The number of piperidine rings is 1. The van der Waals surface area contributed by atoms with Gasteiger partial charge in [-0.25, -0.2) is 9.97 Å². The Morgan fingerprint density at radius 3 is 2.78 bits per heavy atom. The zero-order valence-electron chi connectivity index (χ0n) is 13.2. The predicted molar refractivity (Wildman–Crippen MR) is 89.0 cm³/mol. The molecule has 0 bridgehead atoms. The summed E-state index contributed by atoms with van der Waals surface area (Å²) >= 11 is 0. The highest BCUT2D eigenvalue weighted by Gasteiger charge is 2.19. The lowest BCUT2D eigenvalue weighted by atomic mass is 10.00. The van der Waals surface area contributed by atoms with Gasteiger partial charge < -0.3 is 10.0 Å². The lowest BCUT2D eigenvalue weighted by molar-refractivity contribution is 0.153. The highest BCUT2D eigenvalue weighted by molar-refractivity contribution is 5.64. The second-order valence-corrected chi connectivity index (χ2v) is 5.99. The molecule has 1 atom stereocenters. The Morgan fingerprint density at radius 1 is 1.30 bits per heavy atom. The van der Waals surface area contributed by atoms with Crippen LogP contribution >= 0.6 is 0 Å². The van der Waals surface area contributed by atoms with E-state index < -0.39 is 0 Å². The largest absolute Gasteiger partial charge is 0.391 e. The van der Waals surface area contributed by atoms with Crippen molar-refractivity contribution in [3.05, 3.63) is 41.7 Å². The van der Waals surface area contributed by atoms with Crippen molar-refractivity contribution in [2.45, 2.75) is 32.3 Å². The summed E-state index contributed by atoms with van der Waals surface area (Å²) in [5.74, 6) is 0.664. The first-order chi connectivity index (χ1) is 11.2. The second kappa shape index (κ2) is 6.76. The quantitative estimate of drug-likeness (QED) is 0.943. The van der Waals surface area contributed by atoms with Crippen LogP contribution in [0.3, 0.4) is 0 Å². The molecule has 0 spiro atoms. The first kappa shape index (κ1) is 15.4. The molecule has 2 aromatic rings. The number of anilines is 1. The number of hydrogen-bond acceptors (Lipinski definition) is 5. The number of aliphatic hydroxyl groups is 1. The normalized spacial score (nSPS) is 17.8. The van der Waals surface area contributed by atoms with E-state index in [0.29, 0.717) is 18.9 Å². The Morgan fingerprint density at radius 2 is 2.09 bits per heavy atom. The molecule has 0 radical (unpaired) electrons. The number of aliphatic hydroxyl groups excluding tert-OH is 1. The van der Waals surface area contributed by atoms with E-state index in [0.717, 1.165) is 41.6 Å².